The Bertz CT molecular complexity index is 570. The van der Waals surface area contributed by atoms with Crippen molar-refractivity contribution in [2.45, 2.75) is 18.9 Å². The fourth-order valence-corrected chi connectivity index (χ4v) is 2.16. The van der Waals surface area contributed by atoms with Gasteiger partial charge in [-0.2, -0.15) is 0 Å². The second kappa shape index (κ2) is 3.85. The van der Waals surface area contributed by atoms with Crippen LogP contribution in [0, 0.1) is 0 Å². The molecule has 1 N–H and O–H groups in total. The minimum absolute atomic E-state index is 0.0107. The Morgan fingerprint density at radius 2 is 2.47 bits per heavy atom. The molecule has 1 saturated heterocycles. The molecule has 5 heteroatoms. The Morgan fingerprint density at radius 3 is 3.18 bits per heavy atom. The average Bonchev–Trinajstić information content (AvgIpc) is 2.96. The monoisotopic (exact) mass is 232 g/mol. The van der Waals surface area contributed by atoms with Crippen LogP contribution >= 0.6 is 0 Å². The molecule has 1 fully saturated rings. The standard InChI is InChI=1S/C12H12N2O3/c15-12(16)8-3-1-5-14-7-9(13-11(8)14)10-4-2-6-17-10/h1,3,5,7,10H,2,4,6H2,(H,15,16). The zero-order chi connectivity index (χ0) is 11.8. The molecule has 0 amide bonds. The van der Waals surface area contributed by atoms with E-state index in [0.29, 0.717) is 5.65 Å². The number of carbonyl (C=O) groups is 1. The number of aromatic carboxylic acids is 1. The van der Waals surface area contributed by atoms with Crippen LogP contribution in [-0.2, 0) is 4.74 Å². The van der Waals surface area contributed by atoms with Crippen molar-refractivity contribution in [2.24, 2.45) is 0 Å². The number of fused-ring (bicyclic) bond motifs is 1. The number of rotatable bonds is 2. The number of ether oxygens (including phenoxy) is 1. The lowest BCUT2D eigenvalue weighted by Gasteiger charge is -2.03. The molecule has 2 aromatic heterocycles. The highest BCUT2D eigenvalue weighted by Crippen LogP contribution is 2.28. The van der Waals surface area contributed by atoms with Crippen LogP contribution in [0.15, 0.2) is 24.5 Å². The van der Waals surface area contributed by atoms with Crippen LogP contribution in [0.4, 0.5) is 0 Å². The van der Waals surface area contributed by atoms with Crippen molar-refractivity contribution in [3.05, 3.63) is 35.8 Å². The van der Waals surface area contributed by atoms with Gasteiger partial charge in [0.15, 0.2) is 5.65 Å². The molecule has 0 saturated carbocycles. The van der Waals surface area contributed by atoms with Gasteiger partial charge in [0.05, 0.1) is 5.69 Å². The predicted octanol–water partition coefficient (Wildman–Crippen LogP) is 1.88. The maximum absolute atomic E-state index is 11.1. The molecule has 1 aliphatic rings. The Balaban J connectivity index is 2.11. The number of aromatic nitrogens is 2. The molecule has 0 aliphatic carbocycles. The Hall–Kier alpha value is -1.88. The van der Waals surface area contributed by atoms with E-state index in [-0.39, 0.29) is 11.7 Å². The van der Waals surface area contributed by atoms with E-state index in [9.17, 15) is 4.79 Å². The Kier molecular flexibility index (Phi) is 2.33. The summed E-state index contributed by atoms with van der Waals surface area (Å²) in [5, 5.41) is 9.07. The lowest BCUT2D eigenvalue weighted by atomic mass is 10.2. The maximum Gasteiger partial charge on any atom is 0.339 e. The molecule has 88 valence electrons. The number of hydrogen-bond donors (Lipinski definition) is 1. The van der Waals surface area contributed by atoms with E-state index in [0.717, 1.165) is 25.1 Å². The number of imidazole rings is 1. The summed E-state index contributed by atoms with van der Waals surface area (Å²) in [5.74, 6) is -0.958. The summed E-state index contributed by atoms with van der Waals surface area (Å²) in [6.45, 7) is 0.754. The molecule has 1 aliphatic heterocycles. The molecule has 3 rings (SSSR count). The summed E-state index contributed by atoms with van der Waals surface area (Å²) in [6.07, 6.45) is 5.64. The van der Waals surface area contributed by atoms with Crippen LogP contribution in [-0.4, -0.2) is 27.1 Å². The van der Waals surface area contributed by atoms with Crippen molar-refractivity contribution in [1.82, 2.24) is 9.38 Å². The van der Waals surface area contributed by atoms with Gasteiger partial charge in [0.25, 0.3) is 0 Å². The van der Waals surface area contributed by atoms with Crippen LogP contribution in [0.3, 0.4) is 0 Å². The molecule has 17 heavy (non-hydrogen) atoms. The van der Waals surface area contributed by atoms with Crippen molar-refractivity contribution in [3.8, 4) is 0 Å². The van der Waals surface area contributed by atoms with E-state index in [1.807, 2.05) is 6.20 Å². The van der Waals surface area contributed by atoms with E-state index in [2.05, 4.69) is 4.98 Å². The highest BCUT2D eigenvalue weighted by Gasteiger charge is 2.21. The minimum Gasteiger partial charge on any atom is -0.478 e. The third kappa shape index (κ3) is 1.68. The fraction of sp³-hybridized carbons (Fsp3) is 0.333. The van der Waals surface area contributed by atoms with Crippen LogP contribution in [0.5, 0.6) is 0 Å². The first-order valence-corrected chi connectivity index (χ1v) is 5.58. The van der Waals surface area contributed by atoms with Crippen molar-refractivity contribution in [3.63, 3.8) is 0 Å². The van der Waals surface area contributed by atoms with Gasteiger partial charge in [-0.3, -0.25) is 0 Å². The summed E-state index contributed by atoms with van der Waals surface area (Å²) in [5.41, 5.74) is 1.51. The third-order valence-corrected chi connectivity index (χ3v) is 2.99. The summed E-state index contributed by atoms with van der Waals surface area (Å²) in [4.78, 5) is 15.4. The van der Waals surface area contributed by atoms with E-state index in [1.54, 1.807) is 22.7 Å². The van der Waals surface area contributed by atoms with Gasteiger partial charge in [0.2, 0.25) is 0 Å². The summed E-state index contributed by atoms with van der Waals surface area (Å²) in [6, 6.07) is 3.27. The highest BCUT2D eigenvalue weighted by atomic mass is 16.5. The number of pyridine rings is 1. The zero-order valence-electron chi connectivity index (χ0n) is 9.17. The van der Waals surface area contributed by atoms with Gasteiger partial charge in [-0.05, 0) is 25.0 Å². The van der Waals surface area contributed by atoms with Gasteiger partial charge in [-0.1, -0.05) is 0 Å². The predicted molar refractivity (Wildman–Crippen MR) is 60.1 cm³/mol. The minimum atomic E-state index is -0.958. The maximum atomic E-state index is 11.1. The number of hydrogen-bond acceptors (Lipinski definition) is 3. The van der Waals surface area contributed by atoms with Gasteiger partial charge in [-0.15, -0.1) is 0 Å². The molecule has 0 spiro atoms. The van der Waals surface area contributed by atoms with Gasteiger partial charge in [0, 0.05) is 19.0 Å². The van der Waals surface area contributed by atoms with Gasteiger partial charge in [0.1, 0.15) is 11.7 Å². The van der Waals surface area contributed by atoms with Crippen LogP contribution < -0.4 is 0 Å². The first kappa shape index (κ1) is 10.3. The molecular weight excluding hydrogens is 220 g/mol. The van der Waals surface area contributed by atoms with Crippen LogP contribution in [0.1, 0.15) is 35.0 Å². The number of nitrogens with zero attached hydrogens (tertiary/aromatic N) is 2. The number of carboxylic acids is 1. The van der Waals surface area contributed by atoms with E-state index in [4.69, 9.17) is 9.84 Å². The average molecular weight is 232 g/mol. The molecule has 0 bridgehead atoms. The molecule has 1 unspecified atom stereocenters. The fourth-order valence-electron chi connectivity index (χ4n) is 2.16. The third-order valence-electron chi connectivity index (χ3n) is 2.99. The Labute approximate surface area is 97.7 Å². The largest absolute Gasteiger partial charge is 0.478 e. The molecule has 2 aromatic rings. The van der Waals surface area contributed by atoms with Gasteiger partial charge in [-0.25, -0.2) is 9.78 Å². The number of carboxylic acid groups (broad SMARTS) is 1. The quantitative estimate of drug-likeness (QED) is 0.858. The van der Waals surface area contributed by atoms with E-state index >= 15 is 0 Å². The molecular formula is C12H12N2O3. The second-order valence-electron chi connectivity index (χ2n) is 4.13. The topological polar surface area (TPSA) is 63.8 Å². The van der Waals surface area contributed by atoms with Crippen LogP contribution in [0.25, 0.3) is 5.65 Å². The molecule has 1 atom stereocenters. The van der Waals surface area contributed by atoms with Crippen molar-refractivity contribution < 1.29 is 14.6 Å². The van der Waals surface area contributed by atoms with E-state index < -0.39 is 5.97 Å². The normalized spacial score (nSPS) is 19.9. The van der Waals surface area contributed by atoms with Crippen molar-refractivity contribution in [1.29, 1.82) is 0 Å². The molecule has 3 heterocycles. The first-order valence-electron chi connectivity index (χ1n) is 5.58. The zero-order valence-corrected chi connectivity index (χ0v) is 9.17. The summed E-state index contributed by atoms with van der Waals surface area (Å²) in [7, 11) is 0. The lowest BCUT2D eigenvalue weighted by molar-refractivity contribution is 0.0698. The van der Waals surface area contributed by atoms with Crippen molar-refractivity contribution in [2.75, 3.05) is 6.61 Å². The van der Waals surface area contributed by atoms with E-state index in [1.165, 1.54) is 0 Å². The highest BCUT2D eigenvalue weighted by molar-refractivity contribution is 5.94. The molecule has 0 radical (unpaired) electrons. The lowest BCUT2D eigenvalue weighted by Crippen LogP contribution is -2.00. The second-order valence-corrected chi connectivity index (χ2v) is 4.13. The molecule has 0 aromatic carbocycles. The Morgan fingerprint density at radius 1 is 1.59 bits per heavy atom. The van der Waals surface area contributed by atoms with Gasteiger partial charge >= 0.3 is 5.97 Å². The van der Waals surface area contributed by atoms with Crippen molar-refractivity contribution >= 4 is 11.6 Å². The van der Waals surface area contributed by atoms with Crippen LogP contribution in [0.2, 0.25) is 0 Å². The van der Waals surface area contributed by atoms with Gasteiger partial charge < -0.3 is 14.2 Å². The smallest absolute Gasteiger partial charge is 0.339 e. The first-order chi connectivity index (χ1) is 8.25. The SMILES string of the molecule is O=C(O)c1cccn2cc(C3CCCO3)nc12. The summed E-state index contributed by atoms with van der Waals surface area (Å²) < 4.78 is 7.28. The summed E-state index contributed by atoms with van der Waals surface area (Å²) >= 11 is 0. The molecule has 5 nitrogen and oxygen atoms in total.